The summed E-state index contributed by atoms with van der Waals surface area (Å²) in [6, 6.07) is 1.27. The summed E-state index contributed by atoms with van der Waals surface area (Å²) < 4.78 is 319. The molecule has 0 N–H and O–H groups in total. The summed E-state index contributed by atoms with van der Waals surface area (Å²) in [5.41, 5.74) is 0. The van der Waals surface area contributed by atoms with E-state index >= 15 is 0 Å². The van der Waals surface area contributed by atoms with Crippen molar-refractivity contribution in [2.75, 3.05) is 38.8 Å². The average Bonchev–Trinajstić information content (AvgIpc) is 2.95. The molecule has 0 unspecified atom stereocenters. The molecule has 7 nitrogen and oxygen atoms in total. The van der Waals surface area contributed by atoms with Gasteiger partial charge in [0.15, 0.2) is 0 Å². The first-order valence-corrected chi connectivity index (χ1v) is 13.9. The van der Waals surface area contributed by atoms with Gasteiger partial charge in [-0.3, -0.25) is 0 Å². The van der Waals surface area contributed by atoms with Crippen LogP contribution in [0.25, 0.3) is 0 Å². The van der Waals surface area contributed by atoms with Crippen LogP contribution in [0.3, 0.4) is 0 Å². The van der Waals surface area contributed by atoms with Crippen LogP contribution in [0.5, 0.6) is 11.5 Å². The molecule has 0 spiro atoms. The summed E-state index contributed by atoms with van der Waals surface area (Å²) in [4.78, 5) is 0. The molecule has 0 aliphatic heterocycles. The first-order valence-electron chi connectivity index (χ1n) is 12.3. The number of hydrogen-bond acceptors (Lipinski definition) is 7. The SMILES string of the molecule is O=S(=O)([O-])CCOCCOCCOc1ccc(OC(F)(F)C(F)(F)C(F)(F)C(F)(F)C(F)(F)C(F)(F)C(F)(F)C(F)(F)C(F)(F)C(F)F)cc1.[Na+]. The Morgan fingerprint density at radius 3 is 1.25 bits per heavy atom. The quantitative estimate of drug-likeness (QED) is 0.0803. The summed E-state index contributed by atoms with van der Waals surface area (Å²) >= 11 is 0. The summed E-state index contributed by atoms with van der Waals surface area (Å²) in [5.74, 6) is -72.3. The topological polar surface area (TPSA) is 94.1 Å². The Balaban J connectivity index is 0.0000250. The third kappa shape index (κ3) is 9.50. The Kier molecular flexibility index (Phi) is 15.8. The molecule has 0 saturated carbocycles. The monoisotopic (exact) mass is 828 g/mol. The fraction of sp³-hybridized carbons (Fsp3) is 0.727. The van der Waals surface area contributed by atoms with E-state index in [4.69, 9.17) is 14.2 Å². The molecule has 0 saturated heterocycles. The average molecular weight is 828 g/mol. The second kappa shape index (κ2) is 16.3. The van der Waals surface area contributed by atoms with Crippen LogP contribution in [0, 0.1) is 0 Å². The summed E-state index contributed by atoms with van der Waals surface area (Å²) in [6.07, 6.45) is -13.4. The fourth-order valence-corrected chi connectivity index (χ4v) is 3.35. The molecule has 0 aromatic heterocycles. The Hall–Kier alpha value is -1.75. The molecule has 0 aliphatic carbocycles. The Labute approximate surface area is 293 Å². The third-order valence-electron chi connectivity index (χ3n) is 5.84. The normalized spacial score (nSPS) is 14.8. The van der Waals surface area contributed by atoms with Gasteiger partial charge in [0.05, 0.1) is 42.3 Å². The second-order valence-electron chi connectivity index (χ2n) is 9.37. The molecule has 0 amide bonds. The maximum Gasteiger partial charge on any atom is 1.00 e. The van der Waals surface area contributed by atoms with E-state index in [0.29, 0.717) is 12.1 Å². The van der Waals surface area contributed by atoms with Crippen molar-refractivity contribution in [3.05, 3.63) is 24.3 Å². The molecule has 29 heteroatoms. The largest absolute Gasteiger partial charge is 1.00 e. The Morgan fingerprint density at radius 2 is 0.863 bits per heavy atom. The number of ether oxygens (including phenoxy) is 4. The van der Waals surface area contributed by atoms with Crippen molar-refractivity contribution >= 4 is 10.1 Å². The van der Waals surface area contributed by atoms with Crippen molar-refractivity contribution in [3.63, 3.8) is 0 Å². The predicted octanol–water partition coefficient (Wildman–Crippen LogP) is 3.97. The maximum atomic E-state index is 14.1. The van der Waals surface area contributed by atoms with Crippen molar-refractivity contribution in [3.8, 4) is 11.5 Å². The molecule has 0 fully saturated rings. The maximum absolute atomic E-state index is 14.1. The minimum absolute atomic E-state index is 0. The Bertz CT molecular complexity index is 1380. The minimum Gasteiger partial charge on any atom is -0.748 e. The number of halogens is 20. The molecule has 0 atom stereocenters. The van der Waals surface area contributed by atoms with Crippen LogP contribution < -0.4 is 39.0 Å². The van der Waals surface area contributed by atoms with E-state index in [0.717, 1.165) is 0 Å². The zero-order valence-electron chi connectivity index (χ0n) is 24.5. The van der Waals surface area contributed by atoms with Gasteiger partial charge in [0.25, 0.3) is 0 Å². The Morgan fingerprint density at radius 1 is 0.529 bits per heavy atom. The van der Waals surface area contributed by atoms with E-state index in [1.807, 2.05) is 0 Å². The van der Waals surface area contributed by atoms with Gasteiger partial charge in [-0.1, -0.05) is 0 Å². The number of hydrogen-bond donors (Lipinski definition) is 0. The molecular formula is C22H17F20NaO7S. The third-order valence-corrected chi connectivity index (χ3v) is 6.51. The number of rotatable bonds is 21. The molecule has 0 aliphatic rings. The molecule has 1 aromatic rings. The molecule has 1 rings (SSSR count). The zero-order chi connectivity index (χ0) is 39.6. The standard InChI is InChI=1S/C22H18F20O7S.Na/c23-13(24)14(25,26)15(27,28)16(29,30)17(31,32)18(33,34)19(35,36)20(37,38)21(39,40)22(41,42)49-12-3-1-11(2-4-12)48-8-7-46-5-6-47-9-10-50(43,44)45;/h1-4,13H,5-10H2,(H,43,44,45);/q;+1/p-1. The van der Waals surface area contributed by atoms with Gasteiger partial charge in [0.2, 0.25) is 0 Å². The van der Waals surface area contributed by atoms with E-state index < -0.39 is 100 Å². The van der Waals surface area contributed by atoms with Crippen molar-refractivity contribution in [2.24, 2.45) is 0 Å². The second-order valence-corrected chi connectivity index (χ2v) is 10.9. The van der Waals surface area contributed by atoms with Crippen LogP contribution in [0.15, 0.2) is 24.3 Å². The smallest absolute Gasteiger partial charge is 0.748 e. The van der Waals surface area contributed by atoms with Gasteiger partial charge in [0.1, 0.15) is 18.1 Å². The molecule has 51 heavy (non-hydrogen) atoms. The molecule has 1 aromatic carbocycles. The zero-order valence-corrected chi connectivity index (χ0v) is 27.3. The summed E-state index contributed by atoms with van der Waals surface area (Å²) in [6.45, 7) is -1.59. The summed E-state index contributed by atoms with van der Waals surface area (Å²) in [5, 5.41) is 0. The predicted molar refractivity (Wildman–Crippen MR) is 119 cm³/mol. The van der Waals surface area contributed by atoms with Crippen LogP contribution in [0.1, 0.15) is 0 Å². The van der Waals surface area contributed by atoms with E-state index in [2.05, 4.69) is 4.74 Å². The van der Waals surface area contributed by atoms with Gasteiger partial charge < -0.3 is 23.5 Å². The van der Waals surface area contributed by atoms with Gasteiger partial charge in [-0.15, -0.1) is 0 Å². The number of benzene rings is 1. The van der Waals surface area contributed by atoms with Crippen molar-refractivity contribution < 1.29 is 149 Å². The molecule has 0 bridgehead atoms. The summed E-state index contributed by atoms with van der Waals surface area (Å²) in [7, 11) is -4.53. The minimum atomic E-state index is -9.12. The van der Waals surface area contributed by atoms with E-state index in [-0.39, 0.29) is 61.5 Å². The molecule has 0 heterocycles. The van der Waals surface area contributed by atoms with Gasteiger partial charge in [-0.25, -0.2) is 17.2 Å². The van der Waals surface area contributed by atoms with E-state index in [1.54, 1.807) is 0 Å². The van der Waals surface area contributed by atoms with Crippen LogP contribution in [-0.2, 0) is 19.6 Å². The van der Waals surface area contributed by atoms with Gasteiger partial charge in [0, 0.05) is 0 Å². The van der Waals surface area contributed by atoms with Gasteiger partial charge in [-0.2, -0.15) is 79.0 Å². The molecular weight excluding hydrogens is 811 g/mol. The molecule has 0 radical (unpaired) electrons. The van der Waals surface area contributed by atoms with Gasteiger partial charge >= 0.3 is 89.5 Å². The first-order chi connectivity index (χ1) is 22.1. The van der Waals surface area contributed by atoms with Crippen LogP contribution >= 0.6 is 0 Å². The fourth-order valence-electron chi connectivity index (χ4n) is 3.03. The molecule has 294 valence electrons. The number of alkyl halides is 20. The van der Waals surface area contributed by atoms with Crippen LogP contribution in [-0.4, -0.2) is 112 Å². The van der Waals surface area contributed by atoms with Crippen molar-refractivity contribution in [2.45, 2.75) is 59.9 Å². The van der Waals surface area contributed by atoms with Crippen molar-refractivity contribution in [1.29, 1.82) is 0 Å². The van der Waals surface area contributed by atoms with Crippen LogP contribution in [0.2, 0.25) is 0 Å². The van der Waals surface area contributed by atoms with Crippen molar-refractivity contribution in [1.82, 2.24) is 0 Å². The van der Waals surface area contributed by atoms with E-state index in [9.17, 15) is 101 Å². The first kappa shape index (κ1) is 49.2. The van der Waals surface area contributed by atoms with Gasteiger partial charge in [-0.05, 0) is 24.3 Å². The van der Waals surface area contributed by atoms with E-state index in [1.165, 1.54) is 0 Å². The van der Waals surface area contributed by atoms with Crippen LogP contribution in [0.4, 0.5) is 87.8 Å².